The zero-order valence-electron chi connectivity index (χ0n) is 37.9. The van der Waals surface area contributed by atoms with Gasteiger partial charge in [-0.1, -0.05) is 154 Å². The number of anilines is 5. The molecule has 6 aromatic rings. The molecule has 2 nitrogen and oxygen atoms in total. The van der Waals surface area contributed by atoms with Crippen LogP contribution in [0, 0.1) is 12.8 Å². The van der Waals surface area contributed by atoms with Gasteiger partial charge < -0.3 is 9.80 Å². The number of rotatable bonds is 6. The van der Waals surface area contributed by atoms with Crippen LogP contribution in [0.3, 0.4) is 0 Å². The summed E-state index contributed by atoms with van der Waals surface area (Å²) in [6.07, 6.45) is 5.09. The van der Waals surface area contributed by atoms with Gasteiger partial charge in [0.15, 0.2) is 0 Å². The van der Waals surface area contributed by atoms with Crippen LogP contribution in [0.1, 0.15) is 121 Å². The molecule has 0 fully saturated rings. The minimum atomic E-state index is -0.204. The summed E-state index contributed by atoms with van der Waals surface area (Å²) in [4.78, 5) is 4.94. The summed E-state index contributed by atoms with van der Waals surface area (Å²) in [6, 6.07) is 50.0. The Morgan fingerprint density at radius 3 is 1.62 bits per heavy atom. The Morgan fingerprint density at radius 1 is 0.517 bits per heavy atom. The summed E-state index contributed by atoms with van der Waals surface area (Å²) in [5, 5.41) is 0. The second-order valence-corrected chi connectivity index (χ2v) is 20.9. The van der Waals surface area contributed by atoms with E-state index in [1.54, 1.807) is 5.56 Å². The summed E-state index contributed by atoms with van der Waals surface area (Å²) in [6.45, 7) is 28.5. The minimum absolute atomic E-state index is 0.0425. The molecule has 6 aromatic carbocycles. The SMILES string of the molecule is CC1=CC(N(c2ccccc2)c2cccc(C(C)(C)C)c2)=CC2C1c1ccc3c(c1C2(C)C)C(C)(C)c1cc(N(c2ccccc2)c2cccc(C(C)(C)C)c2)cc(C)c1-3. The molecule has 0 saturated carbocycles. The molecule has 0 spiro atoms. The number of aryl methyl sites for hydroxylation is 1. The van der Waals surface area contributed by atoms with E-state index >= 15 is 0 Å². The topological polar surface area (TPSA) is 6.48 Å². The van der Waals surface area contributed by atoms with Gasteiger partial charge in [-0.3, -0.25) is 0 Å². The van der Waals surface area contributed by atoms with Gasteiger partial charge in [0.05, 0.1) is 0 Å². The highest BCUT2D eigenvalue weighted by atomic mass is 15.2. The van der Waals surface area contributed by atoms with Crippen molar-refractivity contribution in [3.05, 3.63) is 196 Å². The van der Waals surface area contributed by atoms with Gasteiger partial charge in [-0.25, -0.2) is 0 Å². The first-order chi connectivity index (χ1) is 28.4. The monoisotopic (exact) mass is 786 g/mol. The van der Waals surface area contributed by atoms with Gasteiger partial charge >= 0.3 is 0 Å². The number of hydrogen-bond acceptors (Lipinski definition) is 2. The van der Waals surface area contributed by atoms with Crippen molar-refractivity contribution in [3.63, 3.8) is 0 Å². The fourth-order valence-electron chi connectivity index (χ4n) is 10.9. The van der Waals surface area contributed by atoms with Gasteiger partial charge in [0.25, 0.3) is 0 Å². The molecule has 2 unspecified atom stereocenters. The summed E-state index contributed by atoms with van der Waals surface area (Å²) >= 11 is 0. The largest absolute Gasteiger partial charge is 0.311 e. The third kappa shape index (κ3) is 6.37. The maximum absolute atomic E-state index is 2.61. The Kier molecular flexibility index (Phi) is 9.28. The lowest BCUT2D eigenvalue weighted by Crippen LogP contribution is -2.31. The number of para-hydroxylation sites is 2. The number of nitrogens with zero attached hydrogens (tertiary/aromatic N) is 2. The summed E-state index contributed by atoms with van der Waals surface area (Å²) in [5.74, 6) is 0.623. The summed E-state index contributed by atoms with van der Waals surface area (Å²) < 4.78 is 0. The van der Waals surface area contributed by atoms with Crippen molar-refractivity contribution in [2.45, 2.75) is 111 Å². The fourth-order valence-corrected chi connectivity index (χ4v) is 10.9. The molecular formula is C58H62N2. The quantitative estimate of drug-likeness (QED) is 0.166. The molecule has 0 bridgehead atoms. The zero-order chi connectivity index (χ0) is 42.5. The molecule has 0 aromatic heterocycles. The third-order valence-electron chi connectivity index (χ3n) is 14.0. The van der Waals surface area contributed by atoms with E-state index in [0.717, 1.165) is 0 Å². The molecule has 9 rings (SSSR count). The van der Waals surface area contributed by atoms with Gasteiger partial charge in [0.2, 0.25) is 0 Å². The standard InChI is InChI=1S/C58H62N2/c1-37-31-45(59(41-23-15-13-16-24-41)43-27-19-21-39(33-43)55(3,4)5)35-49-51(37)47-29-30-48-52-38(2)32-46(36-50(52)58(11,12)54(48)53(47)57(49,9)10)60(42-25-17-14-18-26-42)44-28-20-22-40(34-44)56(6,7)8/h13-36,49,51H,1-12H3. The Bertz CT molecular complexity index is 2690. The lowest BCUT2D eigenvalue weighted by molar-refractivity contribution is 0.380. The maximum Gasteiger partial charge on any atom is 0.0467 e. The molecule has 3 aliphatic carbocycles. The predicted molar refractivity (Wildman–Crippen MR) is 257 cm³/mol. The Hall–Kier alpha value is -5.60. The van der Waals surface area contributed by atoms with E-state index in [9.17, 15) is 0 Å². The van der Waals surface area contributed by atoms with Crippen molar-refractivity contribution in [1.29, 1.82) is 0 Å². The van der Waals surface area contributed by atoms with Crippen molar-refractivity contribution < 1.29 is 0 Å². The second-order valence-electron chi connectivity index (χ2n) is 20.9. The van der Waals surface area contributed by atoms with Crippen LogP contribution < -0.4 is 9.80 Å². The molecular weight excluding hydrogens is 725 g/mol. The average molecular weight is 787 g/mol. The predicted octanol–water partition coefficient (Wildman–Crippen LogP) is 16.0. The first kappa shape index (κ1) is 39.8. The van der Waals surface area contributed by atoms with Crippen molar-refractivity contribution in [3.8, 4) is 11.1 Å². The van der Waals surface area contributed by atoms with Crippen LogP contribution in [0.4, 0.5) is 28.4 Å². The minimum Gasteiger partial charge on any atom is -0.311 e. The highest BCUT2D eigenvalue weighted by Gasteiger charge is 2.52. The van der Waals surface area contributed by atoms with Crippen LogP contribution >= 0.6 is 0 Å². The van der Waals surface area contributed by atoms with Crippen molar-refractivity contribution in [2.75, 3.05) is 9.80 Å². The van der Waals surface area contributed by atoms with Crippen molar-refractivity contribution in [1.82, 2.24) is 0 Å². The summed E-state index contributed by atoms with van der Waals surface area (Å²) in [7, 11) is 0. The highest BCUT2D eigenvalue weighted by molar-refractivity contribution is 5.90. The van der Waals surface area contributed by atoms with E-state index < -0.39 is 0 Å². The smallest absolute Gasteiger partial charge is 0.0467 e. The molecule has 304 valence electrons. The van der Waals surface area contributed by atoms with Crippen LogP contribution in [0.25, 0.3) is 11.1 Å². The first-order valence-corrected chi connectivity index (χ1v) is 22.0. The first-order valence-electron chi connectivity index (χ1n) is 22.0. The maximum atomic E-state index is 2.61. The van der Waals surface area contributed by atoms with E-state index in [4.69, 9.17) is 0 Å². The number of benzene rings is 6. The van der Waals surface area contributed by atoms with Gasteiger partial charge in [-0.05, 0) is 153 Å². The molecule has 0 amide bonds. The molecule has 60 heavy (non-hydrogen) atoms. The van der Waals surface area contributed by atoms with Gasteiger partial charge in [0, 0.05) is 45.5 Å². The molecule has 0 saturated heterocycles. The van der Waals surface area contributed by atoms with Crippen molar-refractivity contribution >= 4 is 28.4 Å². The molecule has 0 aliphatic heterocycles. The Balaban J connectivity index is 1.17. The van der Waals surface area contributed by atoms with Crippen LogP contribution in [0.5, 0.6) is 0 Å². The normalized spacial score (nSPS) is 18.5. The number of hydrogen-bond donors (Lipinski definition) is 0. The van der Waals surface area contributed by atoms with Gasteiger partial charge in [-0.15, -0.1) is 0 Å². The molecule has 0 heterocycles. The average Bonchev–Trinajstić information content (AvgIpc) is 3.58. The molecule has 0 radical (unpaired) electrons. The molecule has 2 heteroatoms. The van der Waals surface area contributed by atoms with E-state index in [1.165, 1.54) is 84.2 Å². The Morgan fingerprint density at radius 2 is 1.05 bits per heavy atom. The van der Waals surface area contributed by atoms with Gasteiger partial charge in [-0.2, -0.15) is 0 Å². The van der Waals surface area contributed by atoms with Crippen LogP contribution in [0.15, 0.2) is 157 Å². The molecule has 0 N–H and O–H groups in total. The lowest BCUT2D eigenvalue weighted by atomic mass is 9.69. The highest BCUT2D eigenvalue weighted by Crippen LogP contribution is 2.63. The van der Waals surface area contributed by atoms with E-state index in [2.05, 4.69) is 238 Å². The van der Waals surface area contributed by atoms with Gasteiger partial charge in [0.1, 0.15) is 0 Å². The second kappa shape index (κ2) is 14.0. The van der Waals surface area contributed by atoms with Crippen LogP contribution in [0.2, 0.25) is 0 Å². The number of allylic oxidation sites excluding steroid dienone is 3. The number of fused-ring (bicyclic) bond motifs is 7. The zero-order valence-corrected chi connectivity index (χ0v) is 37.9. The molecule has 2 atom stereocenters. The summed E-state index contributed by atoms with van der Waals surface area (Å²) in [5.41, 5.74) is 21.2. The fraction of sp³-hybridized carbons (Fsp3) is 0.310. The van der Waals surface area contributed by atoms with Crippen LogP contribution in [-0.2, 0) is 21.7 Å². The van der Waals surface area contributed by atoms with E-state index in [0.29, 0.717) is 11.8 Å². The lowest BCUT2D eigenvalue weighted by Gasteiger charge is -2.37. The van der Waals surface area contributed by atoms with E-state index in [1.807, 2.05) is 0 Å². The van der Waals surface area contributed by atoms with Crippen LogP contribution in [-0.4, -0.2) is 0 Å². The Labute approximate surface area is 360 Å². The van der Waals surface area contributed by atoms with Crippen molar-refractivity contribution in [2.24, 2.45) is 5.92 Å². The third-order valence-corrected chi connectivity index (χ3v) is 14.0. The van der Waals surface area contributed by atoms with E-state index in [-0.39, 0.29) is 21.7 Å². The molecule has 3 aliphatic rings.